The van der Waals surface area contributed by atoms with Gasteiger partial charge in [0.2, 0.25) is 11.8 Å². The maximum absolute atomic E-state index is 12.6. The zero-order valence-electron chi connectivity index (χ0n) is 16.5. The molecule has 0 aromatic carbocycles. The molecule has 3 heterocycles. The molecule has 3 rings (SSSR count). The van der Waals surface area contributed by atoms with Gasteiger partial charge in [-0.05, 0) is 44.7 Å². The molecule has 0 N–H and O–H groups in total. The Hall–Kier alpha value is -1.14. The van der Waals surface area contributed by atoms with Crippen LogP contribution in [-0.4, -0.2) is 85.0 Å². The number of morpholine rings is 1. The van der Waals surface area contributed by atoms with Crippen molar-refractivity contribution in [3.05, 3.63) is 0 Å². The first-order valence-electron chi connectivity index (χ1n) is 10.4. The first-order valence-corrected chi connectivity index (χ1v) is 10.4. The van der Waals surface area contributed by atoms with Crippen molar-refractivity contribution in [3.63, 3.8) is 0 Å². The zero-order valence-corrected chi connectivity index (χ0v) is 16.5. The Morgan fingerprint density at radius 3 is 2.08 bits per heavy atom. The summed E-state index contributed by atoms with van der Waals surface area (Å²) in [5.74, 6) is 1.27. The van der Waals surface area contributed by atoms with Gasteiger partial charge in [-0.25, -0.2) is 0 Å². The lowest BCUT2D eigenvalue weighted by Crippen LogP contribution is -2.51. The molecule has 0 unspecified atom stereocenters. The second kappa shape index (κ2) is 9.18. The van der Waals surface area contributed by atoms with Gasteiger partial charge in [0.1, 0.15) is 0 Å². The molecule has 0 aromatic rings. The van der Waals surface area contributed by atoms with E-state index in [4.69, 9.17) is 4.74 Å². The van der Waals surface area contributed by atoms with Crippen molar-refractivity contribution in [2.45, 2.75) is 52.0 Å². The molecule has 0 aromatic heterocycles. The van der Waals surface area contributed by atoms with Gasteiger partial charge < -0.3 is 19.4 Å². The van der Waals surface area contributed by atoms with E-state index in [1.165, 1.54) is 0 Å². The molecule has 0 radical (unpaired) electrons. The SMILES string of the molecule is CC(C)CC(=O)N1CCC(N2CCC(C(=O)N3CCOCC3)CC2)CC1. The third-order valence-electron chi connectivity index (χ3n) is 6.12. The van der Waals surface area contributed by atoms with E-state index in [-0.39, 0.29) is 5.92 Å². The van der Waals surface area contributed by atoms with Crippen LogP contribution in [0.4, 0.5) is 0 Å². The second-order valence-electron chi connectivity index (χ2n) is 8.46. The monoisotopic (exact) mass is 365 g/mol. The molecule has 148 valence electrons. The quantitative estimate of drug-likeness (QED) is 0.759. The van der Waals surface area contributed by atoms with Crippen LogP contribution in [-0.2, 0) is 14.3 Å². The number of hydrogen-bond donors (Lipinski definition) is 0. The number of ether oxygens (including phenoxy) is 1. The molecule has 3 fully saturated rings. The van der Waals surface area contributed by atoms with Crippen molar-refractivity contribution >= 4 is 11.8 Å². The van der Waals surface area contributed by atoms with Gasteiger partial charge in [-0.2, -0.15) is 0 Å². The summed E-state index contributed by atoms with van der Waals surface area (Å²) in [6.07, 6.45) is 4.77. The van der Waals surface area contributed by atoms with Crippen LogP contribution in [0.15, 0.2) is 0 Å². The van der Waals surface area contributed by atoms with E-state index in [0.29, 0.717) is 43.4 Å². The van der Waals surface area contributed by atoms with Gasteiger partial charge in [0, 0.05) is 44.6 Å². The molecule has 3 saturated heterocycles. The molecule has 6 heteroatoms. The average molecular weight is 366 g/mol. The topological polar surface area (TPSA) is 53.1 Å². The summed E-state index contributed by atoms with van der Waals surface area (Å²) in [5.41, 5.74) is 0. The van der Waals surface area contributed by atoms with Crippen LogP contribution in [0.1, 0.15) is 46.0 Å². The number of hydrogen-bond acceptors (Lipinski definition) is 4. The minimum Gasteiger partial charge on any atom is -0.378 e. The molecule has 0 aliphatic carbocycles. The molecule has 3 aliphatic rings. The minimum absolute atomic E-state index is 0.192. The molecular formula is C20H35N3O3. The van der Waals surface area contributed by atoms with Crippen LogP contribution in [0.25, 0.3) is 0 Å². The van der Waals surface area contributed by atoms with Crippen LogP contribution in [0.2, 0.25) is 0 Å². The molecular weight excluding hydrogens is 330 g/mol. The lowest BCUT2D eigenvalue weighted by Gasteiger charge is -2.42. The van der Waals surface area contributed by atoms with Crippen molar-refractivity contribution < 1.29 is 14.3 Å². The van der Waals surface area contributed by atoms with E-state index in [1.54, 1.807) is 0 Å². The summed E-state index contributed by atoms with van der Waals surface area (Å²) in [6, 6.07) is 0.581. The number of amides is 2. The molecule has 3 aliphatic heterocycles. The third kappa shape index (κ3) is 4.97. The molecule has 0 saturated carbocycles. The van der Waals surface area contributed by atoms with Gasteiger partial charge in [0.05, 0.1) is 13.2 Å². The average Bonchev–Trinajstić information content (AvgIpc) is 2.68. The highest BCUT2D eigenvalue weighted by atomic mass is 16.5. The Kier molecular flexibility index (Phi) is 6.92. The van der Waals surface area contributed by atoms with Crippen molar-refractivity contribution in [1.82, 2.24) is 14.7 Å². The van der Waals surface area contributed by atoms with Crippen molar-refractivity contribution in [1.29, 1.82) is 0 Å². The Morgan fingerprint density at radius 1 is 0.885 bits per heavy atom. The third-order valence-corrected chi connectivity index (χ3v) is 6.12. The van der Waals surface area contributed by atoms with Gasteiger partial charge >= 0.3 is 0 Å². The summed E-state index contributed by atoms with van der Waals surface area (Å²) >= 11 is 0. The molecule has 0 spiro atoms. The number of carbonyl (C=O) groups is 2. The fourth-order valence-corrected chi connectivity index (χ4v) is 4.51. The first kappa shape index (κ1) is 19.6. The van der Waals surface area contributed by atoms with Crippen molar-refractivity contribution in [2.75, 3.05) is 52.5 Å². The molecule has 0 atom stereocenters. The van der Waals surface area contributed by atoms with Gasteiger partial charge in [0.15, 0.2) is 0 Å². The summed E-state index contributed by atoms with van der Waals surface area (Å²) in [4.78, 5) is 31.5. The fourth-order valence-electron chi connectivity index (χ4n) is 4.51. The summed E-state index contributed by atoms with van der Waals surface area (Å²) in [5, 5.41) is 0. The largest absolute Gasteiger partial charge is 0.378 e. The van der Waals surface area contributed by atoms with Gasteiger partial charge in [-0.15, -0.1) is 0 Å². The lowest BCUT2D eigenvalue weighted by atomic mass is 9.92. The van der Waals surface area contributed by atoms with Crippen LogP contribution >= 0.6 is 0 Å². The van der Waals surface area contributed by atoms with Crippen LogP contribution in [0.5, 0.6) is 0 Å². The zero-order chi connectivity index (χ0) is 18.5. The maximum atomic E-state index is 12.6. The molecule has 6 nitrogen and oxygen atoms in total. The van der Waals surface area contributed by atoms with E-state index in [9.17, 15) is 9.59 Å². The predicted molar refractivity (Wildman–Crippen MR) is 101 cm³/mol. The number of rotatable bonds is 4. The Morgan fingerprint density at radius 2 is 1.50 bits per heavy atom. The standard InChI is InChI=1S/C20H35N3O3/c1-16(2)15-19(24)22-9-5-18(6-10-22)21-7-3-17(4-8-21)20(25)23-11-13-26-14-12-23/h16-18H,3-15H2,1-2H3. The molecule has 2 amide bonds. The van der Waals surface area contributed by atoms with Crippen LogP contribution in [0, 0.1) is 11.8 Å². The lowest BCUT2D eigenvalue weighted by molar-refractivity contribution is -0.141. The highest BCUT2D eigenvalue weighted by molar-refractivity contribution is 5.79. The predicted octanol–water partition coefficient (Wildman–Crippen LogP) is 1.59. The van der Waals surface area contributed by atoms with E-state index in [1.807, 2.05) is 9.80 Å². The normalized spacial score (nSPS) is 24.3. The fraction of sp³-hybridized carbons (Fsp3) is 0.900. The second-order valence-corrected chi connectivity index (χ2v) is 8.46. The smallest absolute Gasteiger partial charge is 0.225 e. The van der Waals surface area contributed by atoms with Gasteiger partial charge in [-0.1, -0.05) is 13.8 Å². The van der Waals surface area contributed by atoms with Gasteiger partial charge in [-0.3, -0.25) is 9.59 Å². The van der Waals surface area contributed by atoms with E-state index in [0.717, 1.165) is 65.0 Å². The molecule has 0 bridgehead atoms. The first-order chi connectivity index (χ1) is 12.5. The summed E-state index contributed by atoms with van der Waals surface area (Å²) < 4.78 is 5.35. The van der Waals surface area contributed by atoms with E-state index < -0.39 is 0 Å². The number of piperidine rings is 2. The van der Waals surface area contributed by atoms with Crippen LogP contribution in [0.3, 0.4) is 0 Å². The van der Waals surface area contributed by atoms with Gasteiger partial charge in [0.25, 0.3) is 0 Å². The summed E-state index contributed by atoms with van der Waals surface area (Å²) in [7, 11) is 0. The number of nitrogens with zero attached hydrogens (tertiary/aromatic N) is 3. The maximum Gasteiger partial charge on any atom is 0.225 e. The van der Waals surface area contributed by atoms with E-state index >= 15 is 0 Å². The van der Waals surface area contributed by atoms with E-state index in [2.05, 4.69) is 18.7 Å². The number of likely N-dealkylation sites (tertiary alicyclic amines) is 2. The molecule has 26 heavy (non-hydrogen) atoms. The van der Waals surface area contributed by atoms with Crippen molar-refractivity contribution in [3.8, 4) is 0 Å². The Balaban J connectivity index is 1.40. The Labute approximate surface area is 157 Å². The minimum atomic E-state index is 0.192. The summed E-state index contributed by atoms with van der Waals surface area (Å²) in [6.45, 7) is 10.9. The van der Waals surface area contributed by atoms with Crippen molar-refractivity contribution in [2.24, 2.45) is 11.8 Å². The highest BCUT2D eigenvalue weighted by Crippen LogP contribution is 2.26. The van der Waals surface area contributed by atoms with Crippen LogP contribution < -0.4 is 0 Å². The Bertz CT molecular complexity index is 475. The highest BCUT2D eigenvalue weighted by Gasteiger charge is 2.33. The number of carbonyl (C=O) groups excluding carboxylic acids is 2.